The van der Waals surface area contributed by atoms with Gasteiger partial charge in [-0.25, -0.2) is 0 Å². The normalized spacial score (nSPS) is 14.7. The van der Waals surface area contributed by atoms with Gasteiger partial charge in [0.25, 0.3) is 5.91 Å². The van der Waals surface area contributed by atoms with Gasteiger partial charge in [-0.3, -0.25) is 4.79 Å². The van der Waals surface area contributed by atoms with E-state index in [-0.39, 0.29) is 11.7 Å². The molecule has 5 heteroatoms. The minimum Gasteiger partial charge on any atom is -0.507 e. The summed E-state index contributed by atoms with van der Waals surface area (Å²) in [5.41, 5.74) is 0.354. The third-order valence-electron chi connectivity index (χ3n) is 3.74. The highest BCUT2D eigenvalue weighted by Gasteiger charge is 2.30. The molecule has 0 atom stereocenters. The molecule has 0 spiro atoms. The monoisotopic (exact) mass is 341 g/mol. The van der Waals surface area contributed by atoms with E-state index in [9.17, 15) is 9.90 Å². The number of carbonyl (C=O) groups is 1. The van der Waals surface area contributed by atoms with E-state index < -0.39 is 0 Å². The highest BCUT2D eigenvalue weighted by atomic mass is 79.9. The first-order valence-corrected chi connectivity index (χ1v) is 8.03. The largest absolute Gasteiger partial charge is 0.507 e. The highest BCUT2D eigenvalue weighted by molar-refractivity contribution is 9.09. The van der Waals surface area contributed by atoms with E-state index in [2.05, 4.69) is 15.9 Å². The second-order valence-corrected chi connectivity index (χ2v) is 5.80. The molecule has 1 aromatic rings. The summed E-state index contributed by atoms with van der Waals surface area (Å²) < 4.78 is 5.04. The average molecular weight is 342 g/mol. The Labute approximate surface area is 127 Å². The summed E-state index contributed by atoms with van der Waals surface area (Å²) in [5, 5.41) is 10.9. The van der Waals surface area contributed by atoms with Crippen molar-refractivity contribution in [1.29, 1.82) is 0 Å². The lowest BCUT2D eigenvalue weighted by Gasteiger charge is -2.37. The Morgan fingerprint density at radius 3 is 2.75 bits per heavy atom. The van der Waals surface area contributed by atoms with Crippen molar-refractivity contribution in [3.05, 3.63) is 23.8 Å². The van der Waals surface area contributed by atoms with Crippen LogP contribution in [0.3, 0.4) is 0 Å². The smallest absolute Gasteiger partial charge is 0.257 e. The fourth-order valence-electron chi connectivity index (χ4n) is 2.35. The number of hydrogen-bond donors (Lipinski definition) is 1. The number of carbonyl (C=O) groups excluding carboxylic acids is 1. The number of aromatic hydroxyl groups is 1. The number of halogens is 1. The SMILES string of the molecule is COc1ccc(C(=O)N(CCCBr)C2CCC2)c(O)c1. The van der Waals surface area contributed by atoms with Crippen LogP contribution >= 0.6 is 15.9 Å². The molecule has 0 aliphatic heterocycles. The van der Waals surface area contributed by atoms with Crippen LogP contribution in [0.5, 0.6) is 11.5 Å². The number of hydrogen-bond acceptors (Lipinski definition) is 3. The van der Waals surface area contributed by atoms with Crippen LogP contribution in [0.4, 0.5) is 0 Å². The van der Waals surface area contributed by atoms with E-state index in [1.807, 2.05) is 4.90 Å². The van der Waals surface area contributed by atoms with Crippen LogP contribution in [0.15, 0.2) is 18.2 Å². The summed E-state index contributed by atoms with van der Waals surface area (Å²) in [7, 11) is 1.53. The molecule has 1 fully saturated rings. The first-order valence-electron chi connectivity index (χ1n) is 6.91. The van der Waals surface area contributed by atoms with Crippen LogP contribution in [0.25, 0.3) is 0 Å². The van der Waals surface area contributed by atoms with Gasteiger partial charge in [0.15, 0.2) is 0 Å². The number of phenols is 1. The van der Waals surface area contributed by atoms with Crippen LogP contribution in [-0.2, 0) is 0 Å². The summed E-state index contributed by atoms with van der Waals surface area (Å²) in [6.07, 6.45) is 4.21. The Bertz CT molecular complexity index is 474. The molecule has 1 saturated carbocycles. The van der Waals surface area contributed by atoms with Crippen molar-refractivity contribution in [2.24, 2.45) is 0 Å². The zero-order chi connectivity index (χ0) is 14.5. The van der Waals surface area contributed by atoms with E-state index >= 15 is 0 Å². The van der Waals surface area contributed by atoms with Crippen molar-refractivity contribution in [3.63, 3.8) is 0 Å². The molecule has 0 bridgehead atoms. The van der Waals surface area contributed by atoms with Gasteiger partial charge in [0.05, 0.1) is 12.7 Å². The Balaban J connectivity index is 2.17. The molecule has 1 amide bonds. The number of nitrogens with zero attached hydrogens (tertiary/aromatic N) is 1. The van der Waals surface area contributed by atoms with Crippen molar-refractivity contribution in [2.45, 2.75) is 31.7 Å². The van der Waals surface area contributed by atoms with Crippen LogP contribution in [-0.4, -0.2) is 40.9 Å². The maximum atomic E-state index is 12.6. The van der Waals surface area contributed by atoms with E-state index in [0.29, 0.717) is 17.4 Å². The fourth-order valence-corrected chi connectivity index (χ4v) is 2.60. The van der Waals surface area contributed by atoms with Gasteiger partial charge in [0.2, 0.25) is 0 Å². The molecular formula is C15H20BrNO3. The quantitative estimate of drug-likeness (QED) is 0.808. The molecule has 0 unspecified atom stereocenters. The fraction of sp³-hybridized carbons (Fsp3) is 0.533. The molecule has 20 heavy (non-hydrogen) atoms. The molecule has 0 saturated heterocycles. The van der Waals surface area contributed by atoms with Gasteiger partial charge >= 0.3 is 0 Å². The van der Waals surface area contributed by atoms with Gasteiger partial charge in [0, 0.05) is 24.0 Å². The molecule has 0 radical (unpaired) electrons. The molecule has 110 valence electrons. The molecule has 1 aliphatic carbocycles. The van der Waals surface area contributed by atoms with Gasteiger partial charge in [-0.2, -0.15) is 0 Å². The lowest BCUT2D eigenvalue weighted by molar-refractivity contribution is 0.0578. The molecule has 0 heterocycles. The number of alkyl halides is 1. The number of benzene rings is 1. The first-order chi connectivity index (χ1) is 9.67. The van der Waals surface area contributed by atoms with Gasteiger partial charge in [-0.05, 0) is 37.8 Å². The number of ether oxygens (including phenoxy) is 1. The highest BCUT2D eigenvalue weighted by Crippen LogP contribution is 2.30. The Morgan fingerprint density at radius 1 is 1.50 bits per heavy atom. The van der Waals surface area contributed by atoms with Gasteiger partial charge < -0.3 is 14.7 Å². The number of phenolic OH excluding ortho intramolecular Hbond substituents is 1. The van der Waals surface area contributed by atoms with Crippen molar-refractivity contribution >= 4 is 21.8 Å². The third kappa shape index (κ3) is 3.26. The van der Waals surface area contributed by atoms with Gasteiger partial charge in [0.1, 0.15) is 11.5 Å². The topological polar surface area (TPSA) is 49.8 Å². The number of amides is 1. The standard InChI is InChI=1S/C15H20BrNO3/c1-20-12-6-7-13(14(18)10-12)15(19)17(9-3-8-16)11-4-2-5-11/h6-7,10-11,18H,2-5,8-9H2,1H3. The lowest BCUT2D eigenvalue weighted by Crippen LogP contribution is -2.44. The van der Waals surface area contributed by atoms with Crippen molar-refractivity contribution in [3.8, 4) is 11.5 Å². The molecule has 4 nitrogen and oxygen atoms in total. The average Bonchev–Trinajstić information content (AvgIpc) is 2.40. The summed E-state index contributed by atoms with van der Waals surface area (Å²) in [6.45, 7) is 0.722. The third-order valence-corrected chi connectivity index (χ3v) is 4.31. The van der Waals surface area contributed by atoms with E-state index in [1.54, 1.807) is 12.1 Å². The lowest BCUT2D eigenvalue weighted by atomic mass is 9.90. The van der Waals surface area contributed by atoms with Crippen molar-refractivity contribution < 1.29 is 14.6 Å². The van der Waals surface area contributed by atoms with Crippen LogP contribution < -0.4 is 4.74 Å². The molecule has 1 aliphatic rings. The van der Waals surface area contributed by atoms with Crippen molar-refractivity contribution in [2.75, 3.05) is 19.0 Å². The second-order valence-electron chi connectivity index (χ2n) is 5.01. The summed E-state index contributed by atoms with van der Waals surface area (Å²) in [6, 6.07) is 5.15. The molecule has 1 aromatic carbocycles. The van der Waals surface area contributed by atoms with Gasteiger partial charge in [-0.1, -0.05) is 15.9 Å². The molecular weight excluding hydrogens is 322 g/mol. The maximum Gasteiger partial charge on any atom is 0.257 e. The Hall–Kier alpha value is -1.23. The second kappa shape index (κ2) is 6.97. The predicted molar refractivity (Wildman–Crippen MR) is 81.7 cm³/mol. The number of methoxy groups -OCH3 is 1. The minimum atomic E-state index is -0.0872. The minimum absolute atomic E-state index is 0.0162. The molecule has 1 N–H and O–H groups in total. The Kier molecular flexibility index (Phi) is 5.29. The summed E-state index contributed by atoms with van der Waals surface area (Å²) in [5.74, 6) is 0.447. The Morgan fingerprint density at radius 2 is 2.25 bits per heavy atom. The summed E-state index contributed by atoms with van der Waals surface area (Å²) >= 11 is 3.40. The zero-order valence-corrected chi connectivity index (χ0v) is 13.2. The van der Waals surface area contributed by atoms with E-state index in [4.69, 9.17) is 4.74 Å². The van der Waals surface area contributed by atoms with Gasteiger partial charge in [-0.15, -0.1) is 0 Å². The maximum absolute atomic E-state index is 12.6. The van der Waals surface area contributed by atoms with Crippen LogP contribution in [0.2, 0.25) is 0 Å². The zero-order valence-electron chi connectivity index (χ0n) is 11.6. The predicted octanol–water partition coefficient (Wildman–Crippen LogP) is 3.18. The van der Waals surface area contributed by atoms with E-state index in [1.165, 1.54) is 19.6 Å². The van der Waals surface area contributed by atoms with E-state index in [0.717, 1.165) is 31.1 Å². The van der Waals surface area contributed by atoms with Crippen molar-refractivity contribution in [1.82, 2.24) is 4.90 Å². The number of rotatable bonds is 6. The van der Waals surface area contributed by atoms with Crippen LogP contribution in [0.1, 0.15) is 36.0 Å². The van der Waals surface area contributed by atoms with Crippen LogP contribution in [0, 0.1) is 0 Å². The first kappa shape index (κ1) is 15.2. The summed E-state index contributed by atoms with van der Waals surface area (Å²) in [4.78, 5) is 14.5. The molecule has 2 rings (SSSR count). The molecule has 0 aromatic heterocycles.